The Kier molecular flexibility index (Phi) is 3.49. The number of anilines is 1. The topological polar surface area (TPSA) is 42.7 Å². The molecule has 1 saturated carbocycles. The fourth-order valence-corrected chi connectivity index (χ4v) is 2.98. The molecule has 1 aromatic heterocycles. The molecule has 1 fully saturated rings. The Balaban J connectivity index is 1.69. The van der Waals surface area contributed by atoms with E-state index in [-0.39, 0.29) is 0 Å². The van der Waals surface area contributed by atoms with E-state index in [1.54, 1.807) is 17.3 Å². The van der Waals surface area contributed by atoms with Crippen LogP contribution in [0.4, 0.5) is 5.69 Å². The van der Waals surface area contributed by atoms with Gasteiger partial charge < -0.3 is 5.32 Å². The molecule has 0 amide bonds. The molecule has 2 atom stereocenters. The van der Waals surface area contributed by atoms with E-state index in [1.165, 1.54) is 31.4 Å². The molecule has 2 unspecified atom stereocenters. The van der Waals surface area contributed by atoms with E-state index in [4.69, 9.17) is 0 Å². The van der Waals surface area contributed by atoms with E-state index < -0.39 is 0 Å². The molecule has 1 heterocycles. The first-order valence-electron chi connectivity index (χ1n) is 7.08. The molecule has 4 nitrogen and oxygen atoms in total. The van der Waals surface area contributed by atoms with Gasteiger partial charge in [-0.1, -0.05) is 19.8 Å². The van der Waals surface area contributed by atoms with Crippen LogP contribution in [0.1, 0.15) is 32.6 Å². The van der Waals surface area contributed by atoms with E-state index in [0.29, 0.717) is 6.04 Å². The Hall–Kier alpha value is -1.84. The lowest BCUT2D eigenvalue weighted by atomic mass is 10.0. The van der Waals surface area contributed by atoms with E-state index in [9.17, 15) is 0 Å². The molecule has 4 heteroatoms. The van der Waals surface area contributed by atoms with Crippen molar-refractivity contribution in [2.45, 2.75) is 38.6 Å². The van der Waals surface area contributed by atoms with Gasteiger partial charge in [-0.3, -0.25) is 0 Å². The van der Waals surface area contributed by atoms with Crippen LogP contribution in [0, 0.1) is 5.92 Å². The van der Waals surface area contributed by atoms with Crippen molar-refractivity contribution in [3.63, 3.8) is 0 Å². The third-order valence-electron chi connectivity index (χ3n) is 4.09. The highest BCUT2D eigenvalue weighted by Crippen LogP contribution is 2.30. The van der Waals surface area contributed by atoms with E-state index in [0.717, 1.165) is 11.6 Å². The Labute approximate surface area is 113 Å². The third-order valence-corrected chi connectivity index (χ3v) is 4.09. The van der Waals surface area contributed by atoms with Crippen molar-refractivity contribution in [1.82, 2.24) is 14.8 Å². The van der Waals surface area contributed by atoms with Crippen molar-refractivity contribution in [2.24, 2.45) is 5.92 Å². The molecule has 1 aromatic carbocycles. The summed E-state index contributed by atoms with van der Waals surface area (Å²) in [5.74, 6) is 0.829. The number of nitrogens with zero attached hydrogens (tertiary/aromatic N) is 3. The van der Waals surface area contributed by atoms with Gasteiger partial charge in [-0.2, -0.15) is 5.10 Å². The summed E-state index contributed by atoms with van der Waals surface area (Å²) in [5.41, 5.74) is 2.25. The van der Waals surface area contributed by atoms with Crippen molar-refractivity contribution in [2.75, 3.05) is 5.32 Å². The first-order valence-corrected chi connectivity index (χ1v) is 7.08. The lowest BCUT2D eigenvalue weighted by molar-refractivity contribution is 0.489. The highest BCUT2D eigenvalue weighted by molar-refractivity contribution is 5.49. The first-order chi connectivity index (χ1) is 9.36. The second kappa shape index (κ2) is 5.43. The van der Waals surface area contributed by atoms with Crippen molar-refractivity contribution in [1.29, 1.82) is 0 Å². The standard InChI is InChI=1S/C15H20N4/c1-2-12-4-3-5-15(12)18-13-6-8-14(9-7-13)19-11-16-10-17-19/h6-12,15,18H,2-5H2,1H3. The molecule has 1 N–H and O–H groups in total. The van der Waals surface area contributed by atoms with E-state index >= 15 is 0 Å². The Morgan fingerprint density at radius 3 is 2.79 bits per heavy atom. The second-order valence-electron chi connectivity index (χ2n) is 5.24. The molecule has 0 saturated heterocycles. The van der Waals surface area contributed by atoms with Gasteiger partial charge in [0, 0.05) is 11.7 Å². The summed E-state index contributed by atoms with van der Waals surface area (Å²) in [4.78, 5) is 3.96. The second-order valence-corrected chi connectivity index (χ2v) is 5.24. The number of aromatic nitrogens is 3. The molecule has 100 valence electrons. The van der Waals surface area contributed by atoms with Gasteiger partial charge in [-0.15, -0.1) is 0 Å². The molecular weight excluding hydrogens is 236 g/mol. The zero-order valence-corrected chi connectivity index (χ0v) is 11.3. The largest absolute Gasteiger partial charge is 0.382 e. The molecule has 0 radical (unpaired) electrons. The van der Waals surface area contributed by atoms with Gasteiger partial charge in [0.25, 0.3) is 0 Å². The minimum Gasteiger partial charge on any atom is -0.382 e. The molecule has 0 aliphatic heterocycles. The van der Waals surface area contributed by atoms with Gasteiger partial charge in [0.2, 0.25) is 0 Å². The fraction of sp³-hybridized carbons (Fsp3) is 0.467. The molecule has 1 aliphatic rings. The summed E-state index contributed by atoms with van der Waals surface area (Å²) in [7, 11) is 0. The van der Waals surface area contributed by atoms with Crippen LogP contribution in [0.3, 0.4) is 0 Å². The van der Waals surface area contributed by atoms with Crippen molar-refractivity contribution in [3.8, 4) is 5.69 Å². The van der Waals surface area contributed by atoms with Gasteiger partial charge in [0.15, 0.2) is 0 Å². The summed E-state index contributed by atoms with van der Waals surface area (Å²) in [6.07, 6.45) is 8.56. The maximum Gasteiger partial charge on any atom is 0.138 e. The van der Waals surface area contributed by atoms with Crippen LogP contribution >= 0.6 is 0 Å². The number of hydrogen-bond donors (Lipinski definition) is 1. The summed E-state index contributed by atoms with van der Waals surface area (Å²) in [5, 5.41) is 7.80. The lowest BCUT2D eigenvalue weighted by Crippen LogP contribution is -2.23. The zero-order chi connectivity index (χ0) is 13.1. The Bertz CT molecular complexity index is 503. The molecular formula is C15H20N4. The molecule has 19 heavy (non-hydrogen) atoms. The fourth-order valence-electron chi connectivity index (χ4n) is 2.98. The van der Waals surface area contributed by atoms with E-state index in [1.807, 2.05) is 0 Å². The maximum absolute atomic E-state index is 4.13. The van der Waals surface area contributed by atoms with Gasteiger partial charge in [-0.05, 0) is 43.0 Å². The minimum absolute atomic E-state index is 0.641. The highest BCUT2D eigenvalue weighted by Gasteiger charge is 2.25. The lowest BCUT2D eigenvalue weighted by Gasteiger charge is -2.21. The van der Waals surface area contributed by atoms with Gasteiger partial charge in [-0.25, -0.2) is 9.67 Å². The quantitative estimate of drug-likeness (QED) is 0.913. The van der Waals surface area contributed by atoms with Crippen molar-refractivity contribution >= 4 is 5.69 Å². The molecule has 0 spiro atoms. The number of hydrogen-bond acceptors (Lipinski definition) is 3. The highest BCUT2D eigenvalue weighted by atomic mass is 15.3. The summed E-state index contributed by atoms with van der Waals surface area (Å²) in [6.45, 7) is 2.29. The van der Waals surface area contributed by atoms with Crippen LogP contribution in [0.5, 0.6) is 0 Å². The average molecular weight is 256 g/mol. The van der Waals surface area contributed by atoms with E-state index in [2.05, 4.69) is 46.6 Å². The van der Waals surface area contributed by atoms with Gasteiger partial charge >= 0.3 is 0 Å². The van der Waals surface area contributed by atoms with Crippen molar-refractivity contribution in [3.05, 3.63) is 36.9 Å². The monoisotopic (exact) mass is 256 g/mol. The minimum atomic E-state index is 0.641. The van der Waals surface area contributed by atoms with Gasteiger partial charge in [0.05, 0.1) is 5.69 Å². The molecule has 1 aliphatic carbocycles. The maximum atomic E-state index is 4.13. The van der Waals surface area contributed by atoms with Crippen LogP contribution in [0.25, 0.3) is 5.69 Å². The number of rotatable bonds is 4. The normalized spacial score (nSPS) is 22.6. The van der Waals surface area contributed by atoms with Crippen LogP contribution in [0.15, 0.2) is 36.9 Å². The zero-order valence-electron chi connectivity index (χ0n) is 11.3. The summed E-state index contributed by atoms with van der Waals surface area (Å²) in [6, 6.07) is 9.05. The van der Waals surface area contributed by atoms with Gasteiger partial charge in [0.1, 0.15) is 12.7 Å². The smallest absolute Gasteiger partial charge is 0.138 e. The SMILES string of the molecule is CCC1CCCC1Nc1ccc(-n2cncn2)cc1. The summed E-state index contributed by atoms with van der Waals surface area (Å²) >= 11 is 0. The third kappa shape index (κ3) is 2.62. The Morgan fingerprint density at radius 2 is 2.11 bits per heavy atom. The Morgan fingerprint density at radius 1 is 1.26 bits per heavy atom. The number of nitrogens with one attached hydrogen (secondary N) is 1. The number of benzene rings is 1. The average Bonchev–Trinajstić information content (AvgIpc) is 3.10. The predicted octanol–water partition coefficient (Wildman–Crippen LogP) is 3.26. The van der Waals surface area contributed by atoms with Crippen LogP contribution in [0.2, 0.25) is 0 Å². The summed E-state index contributed by atoms with van der Waals surface area (Å²) < 4.78 is 1.77. The van der Waals surface area contributed by atoms with Crippen LogP contribution in [-0.4, -0.2) is 20.8 Å². The van der Waals surface area contributed by atoms with Crippen LogP contribution < -0.4 is 5.32 Å². The van der Waals surface area contributed by atoms with Crippen molar-refractivity contribution < 1.29 is 0 Å². The molecule has 2 aromatic rings. The first kappa shape index (κ1) is 12.2. The predicted molar refractivity (Wildman–Crippen MR) is 76.4 cm³/mol. The van der Waals surface area contributed by atoms with Crippen LogP contribution in [-0.2, 0) is 0 Å². The molecule has 0 bridgehead atoms. The molecule has 3 rings (SSSR count).